The van der Waals surface area contributed by atoms with E-state index in [2.05, 4.69) is 4.98 Å². The van der Waals surface area contributed by atoms with Crippen molar-refractivity contribution in [3.05, 3.63) is 22.8 Å². The summed E-state index contributed by atoms with van der Waals surface area (Å²) in [7, 11) is 0. The summed E-state index contributed by atoms with van der Waals surface area (Å²) in [5.41, 5.74) is -0.0969. The molecular formula is C11H10ClF3N2O2. The fourth-order valence-corrected chi connectivity index (χ4v) is 2.29. The second-order valence-corrected chi connectivity index (χ2v) is 4.72. The van der Waals surface area contributed by atoms with Crippen molar-refractivity contribution in [1.82, 2.24) is 4.98 Å². The number of pyridine rings is 1. The molecule has 1 unspecified atom stereocenters. The highest BCUT2D eigenvalue weighted by Gasteiger charge is 2.44. The van der Waals surface area contributed by atoms with Crippen molar-refractivity contribution in [3.63, 3.8) is 0 Å². The molecule has 1 fully saturated rings. The van der Waals surface area contributed by atoms with E-state index in [1.807, 2.05) is 0 Å². The van der Waals surface area contributed by atoms with Gasteiger partial charge < -0.3 is 10.0 Å². The van der Waals surface area contributed by atoms with Crippen molar-refractivity contribution < 1.29 is 23.1 Å². The van der Waals surface area contributed by atoms with Crippen molar-refractivity contribution in [3.8, 4) is 0 Å². The lowest BCUT2D eigenvalue weighted by Gasteiger charge is -2.19. The number of alkyl halides is 3. The van der Waals surface area contributed by atoms with Gasteiger partial charge in [0.15, 0.2) is 0 Å². The average Bonchev–Trinajstić information content (AvgIpc) is 2.77. The number of nitrogens with zero attached hydrogens (tertiary/aromatic N) is 2. The zero-order valence-electron chi connectivity index (χ0n) is 9.62. The first-order chi connectivity index (χ1) is 8.79. The van der Waals surface area contributed by atoms with E-state index < -0.39 is 18.1 Å². The largest absolute Gasteiger partial charge is 0.478 e. The fraction of sp³-hybridized carbons (Fsp3) is 0.455. The molecule has 1 saturated heterocycles. The molecule has 0 spiro atoms. The molecule has 2 rings (SSSR count). The van der Waals surface area contributed by atoms with Gasteiger partial charge in [-0.05, 0) is 12.5 Å². The first kappa shape index (κ1) is 13.9. The molecule has 0 bridgehead atoms. The summed E-state index contributed by atoms with van der Waals surface area (Å²) in [5, 5.41) is 8.80. The van der Waals surface area contributed by atoms with Crippen molar-refractivity contribution >= 4 is 23.4 Å². The third kappa shape index (κ3) is 2.91. The first-order valence-electron chi connectivity index (χ1n) is 5.49. The molecule has 0 aliphatic carbocycles. The smallest absolute Gasteiger partial charge is 0.393 e. The summed E-state index contributed by atoms with van der Waals surface area (Å²) < 4.78 is 37.7. The Labute approximate surface area is 111 Å². The highest BCUT2D eigenvalue weighted by Crippen LogP contribution is 2.36. The average molecular weight is 295 g/mol. The Balaban J connectivity index is 2.18. The van der Waals surface area contributed by atoms with Gasteiger partial charge in [0.1, 0.15) is 5.82 Å². The summed E-state index contributed by atoms with van der Waals surface area (Å²) >= 11 is 5.87. The predicted octanol–water partition coefficient (Wildman–Crippen LogP) is 2.82. The zero-order valence-corrected chi connectivity index (χ0v) is 10.4. The number of hydrogen-bond donors (Lipinski definition) is 1. The SMILES string of the molecule is O=C(O)c1cnc(N2CCC(C(F)(F)F)C2)c(Cl)c1. The van der Waals surface area contributed by atoms with Crippen molar-refractivity contribution in [2.45, 2.75) is 12.6 Å². The van der Waals surface area contributed by atoms with E-state index >= 15 is 0 Å². The monoisotopic (exact) mass is 294 g/mol. The van der Waals surface area contributed by atoms with Gasteiger partial charge in [0.2, 0.25) is 0 Å². The van der Waals surface area contributed by atoms with E-state index in [1.165, 1.54) is 11.0 Å². The van der Waals surface area contributed by atoms with E-state index in [0.717, 1.165) is 6.20 Å². The molecule has 1 aliphatic rings. The third-order valence-corrected chi connectivity index (χ3v) is 3.30. The summed E-state index contributed by atoms with van der Waals surface area (Å²) in [6.07, 6.45) is -3.16. The standard InChI is InChI=1S/C11H10ClF3N2O2/c12-8-3-6(10(18)19)4-16-9(8)17-2-1-7(5-17)11(13,14)15/h3-4,7H,1-2,5H2,(H,18,19). The van der Waals surface area contributed by atoms with Crippen LogP contribution in [0.5, 0.6) is 0 Å². The van der Waals surface area contributed by atoms with Gasteiger partial charge >= 0.3 is 12.1 Å². The van der Waals surface area contributed by atoms with Crippen molar-refractivity contribution in [2.24, 2.45) is 5.92 Å². The Morgan fingerprint density at radius 2 is 2.21 bits per heavy atom. The van der Waals surface area contributed by atoms with Crippen LogP contribution < -0.4 is 4.90 Å². The highest BCUT2D eigenvalue weighted by molar-refractivity contribution is 6.33. The summed E-state index contributed by atoms with van der Waals surface area (Å²) in [6, 6.07) is 1.19. The van der Waals surface area contributed by atoms with Gasteiger partial charge in [-0.1, -0.05) is 11.6 Å². The van der Waals surface area contributed by atoms with E-state index in [-0.39, 0.29) is 35.9 Å². The molecule has 0 aromatic carbocycles. The lowest BCUT2D eigenvalue weighted by atomic mass is 10.1. The van der Waals surface area contributed by atoms with E-state index in [0.29, 0.717) is 0 Å². The minimum atomic E-state index is -4.23. The Morgan fingerprint density at radius 3 is 2.68 bits per heavy atom. The molecular weight excluding hydrogens is 285 g/mol. The number of hydrogen-bond acceptors (Lipinski definition) is 3. The molecule has 19 heavy (non-hydrogen) atoms. The number of carboxylic acids is 1. The number of carboxylic acid groups (broad SMARTS) is 1. The van der Waals surface area contributed by atoms with Crippen LogP contribution in [0.3, 0.4) is 0 Å². The lowest BCUT2D eigenvalue weighted by Crippen LogP contribution is -2.28. The lowest BCUT2D eigenvalue weighted by molar-refractivity contribution is -0.168. The van der Waals surface area contributed by atoms with Crippen LogP contribution in [0.25, 0.3) is 0 Å². The van der Waals surface area contributed by atoms with Crippen LogP contribution in [0.4, 0.5) is 19.0 Å². The molecule has 2 heterocycles. The van der Waals surface area contributed by atoms with Crippen LogP contribution in [-0.4, -0.2) is 35.3 Å². The molecule has 0 radical (unpaired) electrons. The summed E-state index contributed by atoms with van der Waals surface area (Å²) in [6.45, 7) is -0.00798. The molecule has 1 aromatic heterocycles. The van der Waals surface area contributed by atoms with E-state index in [9.17, 15) is 18.0 Å². The molecule has 1 atom stereocenters. The second-order valence-electron chi connectivity index (χ2n) is 4.31. The second kappa shape index (κ2) is 4.88. The number of aromatic carboxylic acids is 1. The maximum absolute atomic E-state index is 12.6. The van der Waals surface area contributed by atoms with Crippen molar-refractivity contribution in [1.29, 1.82) is 0 Å². The van der Waals surface area contributed by atoms with Crippen LogP contribution in [0.2, 0.25) is 5.02 Å². The molecule has 0 amide bonds. The number of carbonyl (C=O) groups is 1. The Bertz CT molecular complexity index is 507. The van der Waals surface area contributed by atoms with Crippen molar-refractivity contribution in [2.75, 3.05) is 18.0 Å². The summed E-state index contributed by atoms with van der Waals surface area (Å²) in [4.78, 5) is 16.0. The number of halogens is 4. The molecule has 1 aliphatic heterocycles. The molecule has 104 valence electrons. The Hall–Kier alpha value is -1.50. The van der Waals surface area contributed by atoms with Gasteiger partial charge in [-0.3, -0.25) is 0 Å². The number of anilines is 1. The normalized spacial score (nSPS) is 19.8. The van der Waals surface area contributed by atoms with Gasteiger partial charge in [0, 0.05) is 19.3 Å². The van der Waals surface area contributed by atoms with Gasteiger partial charge in [-0.15, -0.1) is 0 Å². The fourth-order valence-electron chi connectivity index (χ4n) is 2.00. The maximum atomic E-state index is 12.6. The molecule has 0 saturated carbocycles. The maximum Gasteiger partial charge on any atom is 0.393 e. The van der Waals surface area contributed by atoms with E-state index in [4.69, 9.17) is 16.7 Å². The molecule has 1 N–H and O–H groups in total. The Morgan fingerprint density at radius 1 is 1.53 bits per heavy atom. The Kier molecular flexibility index (Phi) is 3.58. The predicted molar refractivity (Wildman–Crippen MR) is 62.6 cm³/mol. The first-order valence-corrected chi connectivity index (χ1v) is 5.87. The number of aromatic nitrogens is 1. The number of rotatable bonds is 2. The van der Waals surface area contributed by atoms with Crippen LogP contribution in [-0.2, 0) is 0 Å². The van der Waals surface area contributed by atoms with Crippen LogP contribution in [0.1, 0.15) is 16.8 Å². The molecule has 8 heteroatoms. The minimum Gasteiger partial charge on any atom is -0.478 e. The molecule has 1 aromatic rings. The van der Waals surface area contributed by atoms with Gasteiger partial charge in [0.25, 0.3) is 0 Å². The van der Waals surface area contributed by atoms with Crippen LogP contribution >= 0.6 is 11.6 Å². The zero-order chi connectivity index (χ0) is 14.2. The minimum absolute atomic E-state index is 0.0117. The van der Waals surface area contributed by atoms with Crippen LogP contribution in [0.15, 0.2) is 12.3 Å². The highest BCUT2D eigenvalue weighted by atomic mass is 35.5. The van der Waals surface area contributed by atoms with Gasteiger partial charge in [-0.25, -0.2) is 9.78 Å². The van der Waals surface area contributed by atoms with E-state index in [1.54, 1.807) is 0 Å². The van der Waals surface area contributed by atoms with Gasteiger partial charge in [-0.2, -0.15) is 13.2 Å². The molecule has 4 nitrogen and oxygen atoms in total. The summed E-state index contributed by atoms with van der Waals surface area (Å²) in [5.74, 6) is -2.39. The van der Waals surface area contributed by atoms with Gasteiger partial charge in [0.05, 0.1) is 16.5 Å². The third-order valence-electron chi connectivity index (χ3n) is 3.02. The topological polar surface area (TPSA) is 53.4 Å². The quantitative estimate of drug-likeness (QED) is 0.911. The van der Waals surface area contributed by atoms with Crippen LogP contribution in [0, 0.1) is 5.92 Å².